The van der Waals surface area contributed by atoms with Crippen molar-refractivity contribution in [2.24, 2.45) is 0 Å². The molecular formula is C18H18N2. The van der Waals surface area contributed by atoms with Crippen molar-refractivity contribution in [2.45, 2.75) is 6.92 Å². The average molecular weight is 262 g/mol. The summed E-state index contributed by atoms with van der Waals surface area (Å²) >= 11 is 0. The summed E-state index contributed by atoms with van der Waals surface area (Å²) in [5.41, 5.74) is 4.99. The number of hydrogen-bond donors (Lipinski definition) is 0. The van der Waals surface area contributed by atoms with Gasteiger partial charge in [0.1, 0.15) is 0 Å². The Labute approximate surface area is 120 Å². The van der Waals surface area contributed by atoms with Gasteiger partial charge in [0.2, 0.25) is 0 Å². The molecule has 0 amide bonds. The first kappa shape index (κ1) is 13.9. The highest BCUT2D eigenvalue weighted by Gasteiger charge is 2.01. The summed E-state index contributed by atoms with van der Waals surface area (Å²) in [7, 11) is 4.02. The third kappa shape index (κ3) is 3.27. The maximum absolute atomic E-state index is 9.35. The van der Waals surface area contributed by atoms with Crippen molar-refractivity contribution in [2.75, 3.05) is 19.0 Å². The molecule has 0 aliphatic rings. The van der Waals surface area contributed by atoms with Gasteiger partial charge in [0, 0.05) is 19.8 Å². The number of aryl methyl sites for hydroxylation is 1. The van der Waals surface area contributed by atoms with E-state index in [4.69, 9.17) is 0 Å². The van der Waals surface area contributed by atoms with Crippen molar-refractivity contribution < 1.29 is 0 Å². The van der Waals surface area contributed by atoms with E-state index in [0.717, 1.165) is 22.4 Å². The Hall–Kier alpha value is -2.53. The van der Waals surface area contributed by atoms with Gasteiger partial charge in [-0.1, -0.05) is 42.0 Å². The van der Waals surface area contributed by atoms with E-state index in [9.17, 15) is 5.26 Å². The summed E-state index contributed by atoms with van der Waals surface area (Å²) in [6.45, 7) is 2.03. The summed E-state index contributed by atoms with van der Waals surface area (Å²) in [6, 6.07) is 18.5. The van der Waals surface area contributed by atoms with Crippen LogP contribution < -0.4 is 4.90 Å². The van der Waals surface area contributed by atoms with Crippen LogP contribution in [0.2, 0.25) is 0 Å². The zero-order chi connectivity index (χ0) is 14.5. The molecule has 0 bridgehead atoms. The highest BCUT2D eigenvalue weighted by molar-refractivity contribution is 5.89. The molecule has 2 rings (SSSR count). The predicted molar refractivity (Wildman–Crippen MR) is 85.4 cm³/mol. The first-order valence-corrected chi connectivity index (χ1v) is 6.56. The first-order valence-electron chi connectivity index (χ1n) is 6.56. The normalized spacial score (nSPS) is 11.0. The number of allylic oxidation sites excluding steroid dienone is 1. The van der Waals surface area contributed by atoms with Gasteiger partial charge in [-0.25, -0.2) is 0 Å². The molecule has 0 heterocycles. The summed E-state index contributed by atoms with van der Waals surface area (Å²) < 4.78 is 0. The topological polar surface area (TPSA) is 27.0 Å². The van der Waals surface area contributed by atoms with Crippen molar-refractivity contribution in [3.63, 3.8) is 0 Å². The molecule has 0 radical (unpaired) electrons. The minimum atomic E-state index is 0.686. The van der Waals surface area contributed by atoms with E-state index in [1.807, 2.05) is 63.5 Å². The molecule has 20 heavy (non-hydrogen) atoms. The van der Waals surface area contributed by atoms with Gasteiger partial charge in [-0.2, -0.15) is 5.26 Å². The molecule has 2 aromatic rings. The lowest BCUT2D eigenvalue weighted by Gasteiger charge is -2.12. The van der Waals surface area contributed by atoms with Crippen LogP contribution in [0.3, 0.4) is 0 Å². The molecule has 2 aromatic carbocycles. The molecule has 0 unspecified atom stereocenters. The van der Waals surface area contributed by atoms with Crippen LogP contribution >= 0.6 is 0 Å². The Morgan fingerprint density at radius 3 is 2.35 bits per heavy atom. The van der Waals surface area contributed by atoms with E-state index < -0.39 is 0 Å². The van der Waals surface area contributed by atoms with E-state index >= 15 is 0 Å². The average Bonchev–Trinajstić information content (AvgIpc) is 2.45. The van der Waals surface area contributed by atoms with Crippen LogP contribution in [0.15, 0.2) is 48.5 Å². The number of rotatable bonds is 3. The Morgan fingerprint density at radius 2 is 1.80 bits per heavy atom. The van der Waals surface area contributed by atoms with Gasteiger partial charge >= 0.3 is 0 Å². The largest absolute Gasteiger partial charge is 0.378 e. The summed E-state index contributed by atoms with van der Waals surface area (Å²) in [5.74, 6) is 0. The minimum absolute atomic E-state index is 0.686. The number of benzene rings is 2. The molecule has 0 saturated carbocycles. The molecule has 0 spiro atoms. The zero-order valence-electron chi connectivity index (χ0n) is 12.1. The smallest absolute Gasteiger partial charge is 0.0998 e. The molecule has 0 atom stereocenters. The van der Waals surface area contributed by atoms with Crippen LogP contribution in [0.1, 0.15) is 16.7 Å². The standard InChI is InChI=1S/C18H18N2/c1-14-5-4-6-16(11-14)17(13-19)12-15-7-9-18(10-8-15)20(2)3/h4-12H,1-3H3/b17-12+. The van der Waals surface area contributed by atoms with Gasteiger partial charge in [0.25, 0.3) is 0 Å². The molecule has 0 aliphatic heterocycles. The first-order chi connectivity index (χ1) is 9.60. The van der Waals surface area contributed by atoms with Crippen LogP contribution in [0.5, 0.6) is 0 Å². The third-order valence-electron chi connectivity index (χ3n) is 3.17. The zero-order valence-corrected chi connectivity index (χ0v) is 12.1. The lowest BCUT2D eigenvalue weighted by molar-refractivity contribution is 1.13. The van der Waals surface area contributed by atoms with Gasteiger partial charge in [0.15, 0.2) is 0 Å². The van der Waals surface area contributed by atoms with E-state index in [1.165, 1.54) is 0 Å². The quantitative estimate of drug-likeness (QED) is 0.614. The molecule has 0 aromatic heterocycles. The van der Waals surface area contributed by atoms with E-state index in [0.29, 0.717) is 5.57 Å². The highest BCUT2D eigenvalue weighted by atomic mass is 15.1. The number of nitriles is 1. The Bertz CT molecular complexity index is 659. The molecule has 0 aliphatic carbocycles. The molecule has 2 heteroatoms. The van der Waals surface area contributed by atoms with Gasteiger partial charge in [0.05, 0.1) is 11.6 Å². The maximum atomic E-state index is 9.35. The number of anilines is 1. The lowest BCUT2D eigenvalue weighted by atomic mass is 10.0. The van der Waals surface area contributed by atoms with Crippen LogP contribution in [0.25, 0.3) is 11.6 Å². The van der Waals surface area contributed by atoms with Crippen molar-refractivity contribution in [3.05, 3.63) is 65.2 Å². The van der Waals surface area contributed by atoms with Crippen molar-refractivity contribution in [1.82, 2.24) is 0 Å². The van der Waals surface area contributed by atoms with Crippen LogP contribution in [-0.4, -0.2) is 14.1 Å². The van der Waals surface area contributed by atoms with E-state index in [-0.39, 0.29) is 0 Å². The van der Waals surface area contributed by atoms with Crippen molar-refractivity contribution in [1.29, 1.82) is 5.26 Å². The Kier molecular flexibility index (Phi) is 4.22. The second-order valence-corrected chi connectivity index (χ2v) is 5.03. The second kappa shape index (κ2) is 6.08. The summed E-state index contributed by atoms with van der Waals surface area (Å²) in [4.78, 5) is 2.05. The molecule has 0 saturated heterocycles. The molecule has 0 fully saturated rings. The van der Waals surface area contributed by atoms with Crippen LogP contribution in [0, 0.1) is 18.3 Å². The lowest BCUT2D eigenvalue weighted by Crippen LogP contribution is -2.07. The molecule has 100 valence electrons. The van der Waals surface area contributed by atoms with Gasteiger partial charge in [-0.15, -0.1) is 0 Å². The highest BCUT2D eigenvalue weighted by Crippen LogP contribution is 2.20. The van der Waals surface area contributed by atoms with Gasteiger partial charge in [-0.05, 0) is 36.3 Å². The fourth-order valence-electron chi connectivity index (χ4n) is 2.03. The summed E-state index contributed by atoms with van der Waals surface area (Å²) in [6.07, 6.45) is 1.92. The number of hydrogen-bond acceptors (Lipinski definition) is 2. The van der Waals surface area contributed by atoms with Crippen molar-refractivity contribution >= 4 is 17.3 Å². The fourth-order valence-corrected chi connectivity index (χ4v) is 2.03. The fraction of sp³-hybridized carbons (Fsp3) is 0.167. The van der Waals surface area contributed by atoms with Crippen molar-refractivity contribution in [3.8, 4) is 6.07 Å². The Balaban J connectivity index is 2.34. The van der Waals surface area contributed by atoms with Crippen LogP contribution in [-0.2, 0) is 0 Å². The Morgan fingerprint density at radius 1 is 1.10 bits per heavy atom. The molecular weight excluding hydrogens is 244 g/mol. The maximum Gasteiger partial charge on any atom is 0.0998 e. The minimum Gasteiger partial charge on any atom is -0.378 e. The predicted octanol–water partition coefficient (Wildman–Crippen LogP) is 4.13. The monoisotopic (exact) mass is 262 g/mol. The SMILES string of the molecule is Cc1cccc(/C(C#N)=C/c2ccc(N(C)C)cc2)c1. The second-order valence-electron chi connectivity index (χ2n) is 5.03. The molecule has 0 N–H and O–H groups in total. The summed E-state index contributed by atoms with van der Waals surface area (Å²) in [5, 5.41) is 9.35. The van der Waals surface area contributed by atoms with E-state index in [1.54, 1.807) is 0 Å². The third-order valence-corrected chi connectivity index (χ3v) is 3.17. The van der Waals surface area contributed by atoms with Crippen LogP contribution in [0.4, 0.5) is 5.69 Å². The number of nitrogens with zero attached hydrogens (tertiary/aromatic N) is 2. The van der Waals surface area contributed by atoms with E-state index in [2.05, 4.69) is 23.1 Å². The van der Waals surface area contributed by atoms with Gasteiger partial charge in [-0.3, -0.25) is 0 Å². The molecule has 2 nitrogen and oxygen atoms in total. The van der Waals surface area contributed by atoms with Gasteiger partial charge < -0.3 is 4.90 Å².